The molecule has 0 aliphatic carbocycles. The summed E-state index contributed by atoms with van der Waals surface area (Å²) in [7, 11) is 0. The predicted octanol–water partition coefficient (Wildman–Crippen LogP) is 2.31. The Morgan fingerprint density at radius 1 is 1.24 bits per heavy atom. The zero-order valence-corrected chi connectivity index (χ0v) is 9.64. The Bertz CT molecular complexity index is 397. The SMILES string of the molecule is FC(F)Oc1ccc(NNC2=NCCS2)cc1. The Kier molecular flexibility index (Phi) is 4.03. The fourth-order valence-electron chi connectivity index (χ4n) is 1.26. The third kappa shape index (κ3) is 3.77. The van der Waals surface area contributed by atoms with E-state index >= 15 is 0 Å². The summed E-state index contributed by atoms with van der Waals surface area (Å²) in [4.78, 5) is 4.19. The first-order valence-electron chi connectivity index (χ1n) is 4.98. The van der Waals surface area contributed by atoms with Crippen molar-refractivity contribution in [2.75, 3.05) is 17.7 Å². The topological polar surface area (TPSA) is 45.6 Å². The summed E-state index contributed by atoms with van der Waals surface area (Å²) in [6.07, 6.45) is 0. The Hall–Kier alpha value is -1.50. The number of aliphatic imine (C=N–C) groups is 1. The summed E-state index contributed by atoms with van der Waals surface area (Å²) in [5, 5.41) is 0.831. The summed E-state index contributed by atoms with van der Waals surface area (Å²) in [5.41, 5.74) is 6.61. The zero-order chi connectivity index (χ0) is 12.1. The molecule has 1 aromatic carbocycles. The van der Waals surface area contributed by atoms with Gasteiger partial charge < -0.3 is 4.74 Å². The molecular formula is C10H11F2N3OS. The fraction of sp³-hybridized carbons (Fsp3) is 0.300. The molecule has 1 heterocycles. The Morgan fingerprint density at radius 3 is 2.59 bits per heavy atom. The highest BCUT2D eigenvalue weighted by atomic mass is 32.2. The molecule has 0 bridgehead atoms. The Morgan fingerprint density at radius 2 is 2.00 bits per heavy atom. The number of nitrogens with one attached hydrogen (secondary N) is 2. The average Bonchev–Trinajstić information content (AvgIpc) is 2.80. The van der Waals surface area contributed by atoms with Gasteiger partial charge in [-0.05, 0) is 24.3 Å². The molecule has 1 aromatic rings. The van der Waals surface area contributed by atoms with E-state index in [0.29, 0.717) is 0 Å². The van der Waals surface area contributed by atoms with E-state index in [1.807, 2.05) is 0 Å². The molecule has 2 rings (SSSR count). The summed E-state index contributed by atoms with van der Waals surface area (Å²) < 4.78 is 28.0. The van der Waals surface area contributed by atoms with Crippen LogP contribution in [0.3, 0.4) is 0 Å². The van der Waals surface area contributed by atoms with Crippen LogP contribution in [0, 0.1) is 0 Å². The van der Waals surface area contributed by atoms with Crippen molar-refractivity contribution in [1.82, 2.24) is 5.43 Å². The molecule has 0 saturated carbocycles. The van der Waals surface area contributed by atoms with Gasteiger partial charge in [0.25, 0.3) is 0 Å². The van der Waals surface area contributed by atoms with Crippen molar-refractivity contribution in [2.24, 2.45) is 4.99 Å². The van der Waals surface area contributed by atoms with Crippen LogP contribution in [0.4, 0.5) is 14.5 Å². The third-order valence-corrected chi connectivity index (χ3v) is 2.87. The number of hydrazine groups is 1. The minimum atomic E-state index is -2.80. The van der Waals surface area contributed by atoms with Crippen LogP contribution in [0.15, 0.2) is 29.3 Å². The Labute approximate surface area is 101 Å². The highest BCUT2D eigenvalue weighted by Crippen LogP contribution is 2.17. The van der Waals surface area contributed by atoms with Crippen molar-refractivity contribution in [3.8, 4) is 5.75 Å². The minimum Gasteiger partial charge on any atom is -0.435 e. The van der Waals surface area contributed by atoms with E-state index in [4.69, 9.17) is 0 Å². The molecule has 4 nitrogen and oxygen atoms in total. The number of anilines is 1. The molecule has 7 heteroatoms. The van der Waals surface area contributed by atoms with E-state index in [9.17, 15) is 8.78 Å². The van der Waals surface area contributed by atoms with Crippen LogP contribution in [0.25, 0.3) is 0 Å². The number of amidine groups is 1. The summed E-state index contributed by atoms with van der Waals surface area (Å²) in [5.74, 6) is 1.11. The van der Waals surface area contributed by atoms with E-state index in [2.05, 4.69) is 20.6 Å². The van der Waals surface area contributed by atoms with Gasteiger partial charge in [-0.15, -0.1) is 0 Å². The van der Waals surface area contributed by atoms with Crippen LogP contribution in [-0.2, 0) is 0 Å². The van der Waals surface area contributed by atoms with Crippen LogP contribution < -0.4 is 15.6 Å². The fourth-order valence-corrected chi connectivity index (χ4v) is 1.94. The molecule has 0 amide bonds. The summed E-state index contributed by atoms with van der Waals surface area (Å²) >= 11 is 1.63. The number of rotatable bonds is 4. The van der Waals surface area contributed by atoms with Gasteiger partial charge in [-0.1, -0.05) is 11.8 Å². The lowest BCUT2D eigenvalue weighted by Crippen LogP contribution is -2.25. The van der Waals surface area contributed by atoms with Crippen LogP contribution in [0.1, 0.15) is 0 Å². The monoisotopic (exact) mass is 259 g/mol. The average molecular weight is 259 g/mol. The number of benzene rings is 1. The predicted molar refractivity (Wildman–Crippen MR) is 64.6 cm³/mol. The number of halogens is 2. The maximum absolute atomic E-state index is 11.9. The van der Waals surface area contributed by atoms with E-state index in [-0.39, 0.29) is 5.75 Å². The number of hydrogen-bond acceptors (Lipinski definition) is 5. The van der Waals surface area contributed by atoms with Crippen molar-refractivity contribution in [2.45, 2.75) is 6.61 Å². The van der Waals surface area contributed by atoms with Gasteiger partial charge in [0, 0.05) is 5.75 Å². The molecule has 17 heavy (non-hydrogen) atoms. The molecule has 0 aromatic heterocycles. The maximum atomic E-state index is 11.9. The molecule has 1 aliphatic heterocycles. The Balaban J connectivity index is 1.85. The standard InChI is InChI=1S/C10H11F2N3OS/c11-9(12)16-8-3-1-7(2-4-8)14-15-10-13-5-6-17-10/h1-4,9,14H,5-6H2,(H,13,15). The molecule has 0 unspecified atom stereocenters. The van der Waals surface area contributed by atoms with Crippen molar-refractivity contribution in [3.63, 3.8) is 0 Å². The second-order valence-corrected chi connectivity index (χ2v) is 4.27. The number of thioether (sulfide) groups is 1. The van der Waals surface area contributed by atoms with Crippen LogP contribution >= 0.6 is 11.8 Å². The maximum Gasteiger partial charge on any atom is 0.387 e. The summed E-state index contributed by atoms with van der Waals surface area (Å²) in [6.45, 7) is -1.98. The highest BCUT2D eigenvalue weighted by Gasteiger charge is 2.06. The molecule has 0 fully saturated rings. The summed E-state index contributed by atoms with van der Waals surface area (Å²) in [6, 6.07) is 6.23. The lowest BCUT2D eigenvalue weighted by atomic mass is 10.3. The molecule has 0 saturated heterocycles. The number of nitrogens with zero attached hydrogens (tertiary/aromatic N) is 1. The van der Waals surface area contributed by atoms with Crippen LogP contribution in [0.2, 0.25) is 0 Å². The van der Waals surface area contributed by atoms with Gasteiger partial charge in [-0.25, -0.2) is 0 Å². The van der Waals surface area contributed by atoms with Gasteiger partial charge in [0.1, 0.15) is 5.75 Å². The van der Waals surface area contributed by atoms with Crippen LogP contribution in [-0.4, -0.2) is 24.1 Å². The zero-order valence-electron chi connectivity index (χ0n) is 8.82. The van der Waals surface area contributed by atoms with Gasteiger partial charge in [0.05, 0.1) is 12.2 Å². The first-order valence-corrected chi connectivity index (χ1v) is 5.97. The molecule has 1 aliphatic rings. The second-order valence-electron chi connectivity index (χ2n) is 3.19. The molecule has 0 spiro atoms. The van der Waals surface area contributed by atoms with Gasteiger partial charge in [0.2, 0.25) is 0 Å². The van der Waals surface area contributed by atoms with Gasteiger partial charge >= 0.3 is 6.61 Å². The molecule has 2 N–H and O–H groups in total. The van der Waals surface area contributed by atoms with E-state index in [1.165, 1.54) is 12.1 Å². The van der Waals surface area contributed by atoms with E-state index < -0.39 is 6.61 Å². The van der Waals surface area contributed by atoms with Gasteiger partial charge in [0.15, 0.2) is 5.17 Å². The van der Waals surface area contributed by atoms with E-state index in [1.54, 1.807) is 23.9 Å². The first-order chi connectivity index (χ1) is 8.24. The van der Waals surface area contributed by atoms with Crippen LogP contribution in [0.5, 0.6) is 5.75 Å². The quantitative estimate of drug-likeness (QED) is 0.814. The molecule has 0 atom stereocenters. The second kappa shape index (κ2) is 5.72. The minimum absolute atomic E-state index is 0.137. The lowest BCUT2D eigenvalue weighted by Gasteiger charge is -2.09. The van der Waals surface area contributed by atoms with Gasteiger partial charge in [-0.2, -0.15) is 8.78 Å². The number of alkyl halides is 2. The lowest BCUT2D eigenvalue weighted by molar-refractivity contribution is -0.0498. The molecular weight excluding hydrogens is 248 g/mol. The largest absolute Gasteiger partial charge is 0.435 e. The van der Waals surface area contributed by atoms with E-state index in [0.717, 1.165) is 23.2 Å². The normalized spacial score (nSPS) is 14.6. The highest BCUT2D eigenvalue weighted by molar-refractivity contribution is 8.14. The molecule has 0 radical (unpaired) electrons. The van der Waals surface area contributed by atoms with Crippen molar-refractivity contribution >= 4 is 22.6 Å². The number of ether oxygens (including phenoxy) is 1. The molecule has 92 valence electrons. The smallest absolute Gasteiger partial charge is 0.387 e. The van der Waals surface area contributed by atoms with Crippen molar-refractivity contribution in [3.05, 3.63) is 24.3 Å². The number of hydrogen-bond donors (Lipinski definition) is 2. The first kappa shape index (κ1) is 12.0. The van der Waals surface area contributed by atoms with Crippen molar-refractivity contribution in [1.29, 1.82) is 0 Å². The van der Waals surface area contributed by atoms with Gasteiger partial charge in [-0.3, -0.25) is 15.8 Å². The van der Waals surface area contributed by atoms with Crippen molar-refractivity contribution < 1.29 is 13.5 Å². The third-order valence-electron chi connectivity index (χ3n) is 1.98.